The molecule has 0 aromatic heterocycles. The van der Waals surface area contributed by atoms with Crippen molar-refractivity contribution in [2.24, 2.45) is 0 Å². The summed E-state index contributed by atoms with van der Waals surface area (Å²) in [5.41, 5.74) is 4.14. The van der Waals surface area contributed by atoms with Crippen LogP contribution in [0.4, 0.5) is 0 Å². The molecule has 13 heavy (non-hydrogen) atoms. The van der Waals surface area contributed by atoms with Gasteiger partial charge in [0.05, 0.1) is 0 Å². The molecule has 0 aliphatic rings. The Morgan fingerprint density at radius 2 is 1.31 bits per heavy atom. The van der Waals surface area contributed by atoms with Crippen LogP contribution in [0.3, 0.4) is 0 Å². The van der Waals surface area contributed by atoms with Crippen molar-refractivity contribution in [1.82, 2.24) is 0 Å². The van der Waals surface area contributed by atoms with Crippen LogP contribution in [0, 0.1) is 0 Å². The first-order valence-corrected chi connectivity index (χ1v) is 6.67. The Balaban J connectivity index is 4.48. The molecule has 0 atom stereocenters. The molecule has 0 aromatic carbocycles. The van der Waals surface area contributed by atoms with Gasteiger partial charge in [0.15, 0.2) is 0 Å². The molecule has 76 valence electrons. The molecule has 0 heterocycles. The lowest BCUT2D eigenvalue weighted by Gasteiger charge is -2.19. The van der Waals surface area contributed by atoms with Crippen molar-refractivity contribution >= 4 is 8.56 Å². The Labute approximate surface area is 82.5 Å². The highest BCUT2D eigenvalue weighted by molar-refractivity contribution is 6.77. The second-order valence-electron chi connectivity index (χ2n) is 2.75. The van der Waals surface area contributed by atoms with Gasteiger partial charge in [-0.3, -0.25) is 0 Å². The second-order valence-corrected chi connectivity index (χ2v) is 5.68. The van der Waals surface area contributed by atoms with Crippen LogP contribution in [-0.2, 0) is 8.85 Å². The Hall–Kier alpha value is -0.383. The molecule has 0 aliphatic carbocycles. The van der Waals surface area contributed by atoms with Crippen molar-refractivity contribution in [3.05, 3.63) is 23.6 Å². The van der Waals surface area contributed by atoms with E-state index in [0.717, 1.165) is 12.8 Å². The average Bonchev–Trinajstić information content (AvgIpc) is 2.20. The van der Waals surface area contributed by atoms with Crippen molar-refractivity contribution in [3.8, 4) is 0 Å². The molecule has 0 fully saturated rings. The molecule has 0 saturated heterocycles. The van der Waals surface area contributed by atoms with Gasteiger partial charge in [0.1, 0.15) is 0 Å². The zero-order valence-electron chi connectivity index (χ0n) is 9.04. The first-order valence-electron chi connectivity index (χ1n) is 4.70. The number of hydrogen-bond acceptors (Lipinski definition) is 2. The highest BCUT2D eigenvalue weighted by atomic mass is 28.4. The second kappa shape index (κ2) is 7.06. The van der Waals surface area contributed by atoms with Crippen LogP contribution < -0.4 is 0 Å². The Morgan fingerprint density at radius 1 is 0.923 bits per heavy atom. The predicted octanol–water partition coefficient (Wildman–Crippen LogP) is 2.73. The van der Waals surface area contributed by atoms with Crippen molar-refractivity contribution in [2.45, 2.75) is 26.7 Å². The maximum atomic E-state index is 5.43. The molecule has 0 amide bonds. The van der Waals surface area contributed by atoms with E-state index in [2.05, 4.69) is 37.4 Å². The Morgan fingerprint density at radius 3 is 1.54 bits per heavy atom. The maximum absolute atomic E-state index is 5.43. The highest BCUT2D eigenvalue weighted by Crippen LogP contribution is 2.10. The van der Waals surface area contributed by atoms with Gasteiger partial charge in [-0.15, -0.1) is 0 Å². The molecule has 3 heteroatoms. The molecule has 0 bridgehead atoms. The minimum atomic E-state index is -2.15. The van der Waals surface area contributed by atoms with Gasteiger partial charge in [-0.25, -0.2) is 0 Å². The fraction of sp³-hybridized carbons (Fsp3) is 0.600. The van der Waals surface area contributed by atoms with Gasteiger partial charge in [-0.05, 0) is 24.2 Å². The van der Waals surface area contributed by atoms with Crippen LogP contribution in [0.1, 0.15) is 26.7 Å². The fourth-order valence-electron chi connectivity index (χ4n) is 0.975. The number of hydrogen-bond donors (Lipinski definition) is 0. The molecule has 0 N–H and O–H groups in total. The van der Waals surface area contributed by atoms with Crippen LogP contribution in [0.15, 0.2) is 23.6 Å². The lowest BCUT2D eigenvalue weighted by molar-refractivity contribution is 0.269. The molecule has 0 unspecified atom stereocenters. The fourth-order valence-corrected chi connectivity index (χ4v) is 2.93. The minimum Gasteiger partial charge on any atom is -0.392 e. The molecule has 0 radical (unpaired) electrons. The van der Waals surface area contributed by atoms with Crippen LogP contribution >= 0.6 is 0 Å². The molecule has 2 nitrogen and oxygen atoms in total. The smallest absolute Gasteiger partial charge is 0.390 e. The van der Waals surface area contributed by atoms with E-state index in [4.69, 9.17) is 8.85 Å². The van der Waals surface area contributed by atoms with Crippen molar-refractivity contribution < 1.29 is 8.85 Å². The summed E-state index contributed by atoms with van der Waals surface area (Å²) in [5.74, 6) is 0. The van der Waals surface area contributed by atoms with Gasteiger partial charge >= 0.3 is 8.56 Å². The van der Waals surface area contributed by atoms with Gasteiger partial charge in [0, 0.05) is 14.2 Å². The van der Waals surface area contributed by atoms with Crippen molar-refractivity contribution in [1.29, 1.82) is 0 Å². The van der Waals surface area contributed by atoms with E-state index in [9.17, 15) is 0 Å². The summed E-state index contributed by atoms with van der Waals surface area (Å²) < 4.78 is 10.9. The van der Waals surface area contributed by atoms with Crippen LogP contribution in [0.25, 0.3) is 0 Å². The van der Waals surface area contributed by atoms with Gasteiger partial charge in [-0.2, -0.15) is 0 Å². The average molecular weight is 200 g/mol. The molecule has 0 spiro atoms. The summed E-state index contributed by atoms with van der Waals surface area (Å²) in [6, 6.07) is 0. The van der Waals surface area contributed by atoms with E-state index in [0.29, 0.717) is 0 Å². The van der Waals surface area contributed by atoms with E-state index < -0.39 is 8.56 Å². The molecule has 0 saturated carbocycles. The molecule has 0 aromatic rings. The molecule has 0 rings (SSSR count). The lowest BCUT2D eigenvalue weighted by atomic mass is 10.5. The Bertz CT molecular complexity index is 156. The number of allylic oxidation sites excluding steroid dienone is 2. The van der Waals surface area contributed by atoms with Gasteiger partial charge in [-0.1, -0.05) is 26.0 Å². The largest absolute Gasteiger partial charge is 0.392 e. The predicted molar refractivity (Wildman–Crippen MR) is 58.6 cm³/mol. The van der Waals surface area contributed by atoms with E-state index in [-0.39, 0.29) is 0 Å². The van der Waals surface area contributed by atoms with E-state index in [1.807, 2.05) is 0 Å². The third-order valence-corrected chi connectivity index (χ3v) is 4.49. The van der Waals surface area contributed by atoms with Crippen LogP contribution in [0.2, 0.25) is 0 Å². The monoisotopic (exact) mass is 200 g/mol. The first-order chi connectivity index (χ1) is 6.24. The molecular weight excluding hydrogens is 180 g/mol. The van der Waals surface area contributed by atoms with Crippen molar-refractivity contribution in [2.75, 3.05) is 14.2 Å². The Kier molecular flexibility index (Phi) is 6.85. The zero-order chi connectivity index (χ0) is 10.2. The first kappa shape index (κ1) is 12.6. The van der Waals surface area contributed by atoms with Crippen LogP contribution in [0.5, 0.6) is 0 Å². The quantitative estimate of drug-likeness (QED) is 0.614. The summed E-state index contributed by atoms with van der Waals surface area (Å²) in [6.45, 7) is 4.20. The molecular formula is C10H20O2Si. The summed E-state index contributed by atoms with van der Waals surface area (Å²) in [4.78, 5) is 0. The maximum Gasteiger partial charge on any atom is 0.390 e. The lowest BCUT2D eigenvalue weighted by Crippen LogP contribution is -2.36. The topological polar surface area (TPSA) is 18.5 Å². The number of rotatable bonds is 6. The van der Waals surface area contributed by atoms with E-state index in [1.54, 1.807) is 14.2 Å². The summed E-state index contributed by atoms with van der Waals surface area (Å²) in [5, 5.41) is 0. The molecule has 0 aliphatic heterocycles. The van der Waals surface area contributed by atoms with E-state index >= 15 is 0 Å². The third kappa shape index (κ3) is 4.41. The standard InChI is InChI=1S/C10H20O2Si/c1-5-7-9-13(11-3,12-4)10-8-6-2/h7-10H,5-6H2,1-4H3. The van der Waals surface area contributed by atoms with Gasteiger partial charge < -0.3 is 8.85 Å². The van der Waals surface area contributed by atoms with Gasteiger partial charge in [0.2, 0.25) is 0 Å². The summed E-state index contributed by atoms with van der Waals surface area (Å²) in [6.07, 6.45) is 6.22. The zero-order valence-corrected chi connectivity index (χ0v) is 10.0. The normalized spacial score (nSPS) is 13.2. The van der Waals surface area contributed by atoms with Crippen molar-refractivity contribution in [3.63, 3.8) is 0 Å². The summed E-state index contributed by atoms with van der Waals surface area (Å²) in [7, 11) is 1.26. The van der Waals surface area contributed by atoms with Gasteiger partial charge in [0.25, 0.3) is 0 Å². The third-order valence-electron chi connectivity index (χ3n) is 1.81. The van der Waals surface area contributed by atoms with Crippen LogP contribution in [-0.4, -0.2) is 22.8 Å². The minimum absolute atomic E-state index is 1.02. The summed E-state index contributed by atoms with van der Waals surface area (Å²) >= 11 is 0. The SMILES string of the molecule is CCC=C[Si](C=CCC)(OC)OC. The van der Waals surface area contributed by atoms with E-state index in [1.165, 1.54) is 0 Å². The highest BCUT2D eigenvalue weighted by Gasteiger charge is 2.28.